The molecule has 0 atom stereocenters. The van der Waals surface area contributed by atoms with Gasteiger partial charge in [-0.25, -0.2) is 4.98 Å². The first-order chi connectivity index (χ1) is 13.5. The first-order valence-electron chi connectivity index (χ1n) is 9.20. The molecular formula is C22H26N4O2. The van der Waals surface area contributed by atoms with Gasteiger partial charge in [0.2, 0.25) is 5.95 Å². The fourth-order valence-corrected chi connectivity index (χ4v) is 2.81. The topological polar surface area (TPSA) is 68.3 Å². The smallest absolute Gasteiger partial charge is 0.229 e. The molecule has 0 unspecified atom stereocenters. The average Bonchev–Trinajstić information content (AvgIpc) is 2.68. The van der Waals surface area contributed by atoms with Crippen molar-refractivity contribution in [2.24, 2.45) is 0 Å². The lowest BCUT2D eigenvalue weighted by Crippen LogP contribution is -2.03. The molecule has 3 aromatic rings. The van der Waals surface area contributed by atoms with E-state index in [1.807, 2.05) is 43.3 Å². The Bertz CT molecular complexity index is 940. The normalized spacial score (nSPS) is 10.6. The monoisotopic (exact) mass is 378 g/mol. The van der Waals surface area contributed by atoms with Gasteiger partial charge in [-0.3, -0.25) is 0 Å². The maximum absolute atomic E-state index is 5.45. The van der Waals surface area contributed by atoms with E-state index in [0.29, 0.717) is 23.4 Å². The number of nitrogens with one attached hydrogen (secondary N) is 2. The van der Waals surface area contributed by atoms with Gasteiger partial charge in [0.05, 0.1) is 19.9 Å². The first-order valence-corrected chi connectivity index (χ1v) is 9.20. The van der Waals surface area contributed by atoms with Gasteiger partial charge in [0.25, 0.3) is 0 Å². The third kappa shape index (κ3) is 4.71. The largest absolute Gasteiger partial charge is 0.497 e. The van der Waals surface area contributed by atoms with Crippen LogP contribution in [0, 0.1) is 6.92 Å². The van der Waals surface area contributed by atoms with Crippen LogP contribution in [0.2, 0.25) is 0 Å². The molecule has 0 aliphatic heterocycles. The molecule has 6 nitrogen and oxygen atoms in total. The maximum atomic E-state index is 5.45. The lowest BCUT2D eigenvalue weighted by Gasteiger charge is -2.14. The average molecular weight is 378 g/mol. The number of hydrogen-bond acceptors (Lipinski definition) is 6. The van der Waals surface area contributed by atoms with Crippen molar-refractivity contribution in [1.82, 2.24) is 9.97 Å². The molecule has 28 heavy (non-hydrogen) atoms. The molecule has 146 valence electrons. The zero-order valence-electron chi connectivity index (χ0n) is 16.9. The van der Waals surface area contributed by atoms with Gasteiger partial charge in [-0.15, -0.1) is 0 Å². The molecule has 1 heterocycles. The number of hydrogen-bond donors (Lipinski definition) is 2. The van der Waals surface area contributed by atoms with Gasteiger partial charge >= 0.3 is 0 Å². The van der Waals surface area contributed by atoms with Crippen LogP contribution < -0.4 is 20.1 Å². The van der Waals surface area contributed by atoms with Crippen LogP contribution in [0.3, 0.4) is 0 Å². The summed E-state index contributed by atoms with van der Waals surface area (Å²) in [5.74, 6) is 3.12. The van der Waals surface area contributed by atoms with Crippen LogP contribution in [0.5, 0.6) is 11.5 Å². The van der Waals surface area contributed by atoms with Crippen molar-refractivity contribution in [3.05, 3.63) is 59.8 Å². The van der Waals surface area contributed by atoms with Crippen molar-refractivity contribution in [1.29, 1.82) is 0 Å². The molecule has 0 aliphatic carbocycles. The van der Waals surface area contributed by atoms with Crippen LogP contribution in [0.4, 0.5) is 23.1 Å². The SMILES string of the molecule is COc1ccc(Nc2cc(C)nc(Nc3ccc(C(C)C)cc3)n2)c(OC)c1. The highest BCUT2D eigenvalue weighted by Gasteiger charge is 2.09. The van der Waals surface area contributed by atoms with E-state index in [0.717, 1.165) is 22.8 Å². The van der Waals surface area contributed by atoms with Gasteiger partial charge in [0, 0.05) is 23.5 Å². The number of methoxy groups -OCH3 is 2. The van der Waals surface area contributed by atoms with E-state index < -0.39 is 0 Å². The van der Waals surface area contributed by atoms with Crippen molar-refractivity contribution < 1.29 is 9.47 Å². The first kappa shape index (κ1) is 19.5. The van der Waals surface area contributed by atoms with E-state index in [-0.39, 0.29) is 0 Å². The number of nitrogens with zero attached hydrogens (tertiary/aromatic N) is 2. The lowest BCUT2D eigenvalue weighted by molar-refractivity contribution is 0.395. The molecular weight excluding hydrogens is 352 g/mol. The van der Waals surface area contributed by atoms with E-state index in [1.165, 1.54) is 5.56 Å². The Labute approximate surface area is 166 Å². The Balaban J connectivity index is 1.81. The summed E-state index contributed by atoms with van der Waals surface area (Å²) in [4.78, 5) is 9.06. The second kappa shape index (κ2) is 8.61. The number of aryl methyl sites for hydroxylation is 1. The summed E-state index contributed by atoms with van der Waals surface area (Å²) in [7, 11) is 3.25. The van der Waals surface area contributed by atoms with Crippen molar-refractivity contribution in [3.8, 4) is 11.5 Å². The Hall–Kier alpha value is -3.28. The highest BCUT2D eigenvalue weighted by molar-refractivity contribution is 5.67. The highest BCUT2D eigenvalue weighted by Crippen LogP contribution is 2.31. The second-order valence-corrected chi connectivity index (χ2v) is 6.81. The summed E-state index contributed by atoms with van der Waals surface area (Å²) in [6.07, 6.45) is 0. The number of aromatic nitrogens is 2. The predicted molar refractivity (Wildman–Crippen MR) is 113 cm³/mol. The number of ether oxygens (including phenoxy) is 2. The van der Waals surface area contributed by atoms with Crippen LogP contribution >= 0.6 is 0 Å². The highest BCUT2D eigenvalue weighted by atomic mass is 16.5. The molecule has 0 bridgehead atoms. The standard InChI is InChI=1S/C22H26N4O2/c1-14(2)16-6-8-17(9-7-16)24-22-23-15(3)12-21(26-22)25-19-11-10-18(27-4)13-20(19)28-5/h6-14H,1-5H3,(H2,23,24,25,26). The summed E-state index contributed by atoms with van der Waals surface area (Å²) in [6, 6.07) is 15.8. The van der Waals surface area contributed by atoms with Gasteiger partial charge in [-0.1, -0.05) is 26.0 Å². The van der Waals surface area contributed by atoms with Gasteiger partial charge < -0.3 is 20.1 Å². The Morgan fingerprint density at radius 1 is 0.857 bits per heavy atom. The predicted octanol–water partition coefficient (Wildman–Crippen LogP) is 5.41. The molecule has 0 aliphatic rings. The fourth-order valence-electron chi connectivity index (χ4n) is 2.81. The summed E-state index contributed by atoms with van der Waals surface area (Å²) in [6.45, 7) is 6.29. The molecule has 0 spiro atoms. The quantitative estimate of drug-likeness (QED) is 0.573. The molecule has 6 heteroatoms. The second-order valence-electron chi connectivity index (χ2n) is 6.81. The molecule has 2 N–H and O–H groups in total. The van der Waals surface area contributed by atoms with E-state index in [2.05, 4.69) is 46.6 Å². The fraction of sp³-hybridized carbons (Fsp3) is 0.273. The van der Waals surface area contributed by atoms with Crippen LogP contribution in [-0.2, 0) is 0 Å². The minimum atomic E-state index is 0.500. The number of benzene rings is 2. The number of anilines is 4. The number of rotatable bonds is 7. The molecule has 2 aromatic carbocycles. The van der Waals surface area contributed by atoms with Crippen molar-refractivity contribution in [2.45, 2.75) is 26.7 Å². The zero-order valence-corrected chi connectivity index (χ0v) is 16.9. The molecule has 0 radical (unpaired) electrons. The molecule has 1 aromatic heterocycles. The van der Waals surface area contributed by atoms with Crippen LogP contribution in [0.1, 0.15) is 31.0 Å². The summed E-state index contributed by atoms with van der Waals surface area (Å²) in [5.41, 5.74) is 3.90. The van der Waals surface area contributed by atoms with Gasteiger partial charge in [-0.2, -0.15) is 4.98 Å². The van der Waals surface area contributed by atoms with Crippen molar-refractivity contribution in [2.75, 3.05) is 24.9 Å². The van der Waals surface area contributed by atoms with E-state index in [1.54, 1.807) is 14.2 Å². The summed E-state index contributed by atoms with van der Waals surface area (Å²) >= 11 is 0. The minimum Gasteiger partial charge on any atom is -0.497 e. The maximum Gasteiger partial charge on any atom is 0.229 e. The van der Waals surface area contributed by atoms with Crippen LogP contribution in [0.25, 0.3) is 0 Å². The van der Waals surface area contributed by atoms with Gasteiger partial charge in [0.1, 0.15) is 17.3 Å². The van der Waals surface area contributed by atoms with E-state index in [9.17, 15) is 0 Å². The van der Waals surface area contributed by atoms with E-state index >= 15 is 0 Å². The molecule has 0 amide bonds. The van der Waals surface area contributed by atoms with Crippen LogP contribution in [0.15, 0.2) is 48.5 Å². The molecule has 0 saturated heterocycles. The molecule has 0 fully saturated rings. The Kier molecular flexibility index (Phi) is 5.99. The van der Waals surface area contributed by atoms with Gasteiger partial charge in [0.15, 0.2) is 0 Å². The minimum absolute atomic E-state index is 0.500. The Morgan fingerprint density at radius 3 is 2.25 bits per heavy atom. The summed E-state index contributed by atoms with van der Waals surface area (Å²) in [5, 5.41) is 6.56. The zero-order chi connectivity index (χ0) is 20.1. The van der Waals surface area contributed by atoms with E-state index in [4.69, 9.17) is 9.47 Å². The third-order valence-electron chi connectivity index (χ3n) is 4.36. The lowest BCUT2D eigenvalue weighted by atomic mass is 10.0. The Morgan fingerprint density at radius 2 is 1.61 bits per heavy atom. The van der Waals surface area contributed by atoms with Crippen LogP contribution in [-0.4, -0.2) is 24.2 Å². The van der Waals surface area contributed by atoms with Crippen molar-refractivity contribution in [3.63, 3.8) is 0 Å². The molecule has 3 rings (SSSR count). The van der Waals surface area contributed by atoms with Gasteiger partial charge in [-0.05, 0) is 42.7 Å². The van der Waals surface area contributed by atoms with Crippen molar-refractivity contribution >= 4 is 23.1 Å². The summed E-state index contributed by atoms with van der Waals surface area (Å²) < 4.78 is 10.7. The third-order valence-corrected chi connectivity index (χ3v) is 4.36. The molecule has 0 saturated carbocycles.